The Bertz CT molecular complexity index is 921. The van der Waals surface area contributed by atoms with Gasteiger partial charge in [0.1, 0.15) is 0 Å². The Labute approximate surface area is 164 Å². The maximum Gasteiger partial charge on any atom is 0.237 e. The van der Waals surface area contributed by atoms with Gasteiger partial charge in [-0.2, -0.15) is 0 Å². The number of nitrogens with one attached hydrogen (secondary N) is 1. The molecule has 1 amide bonds. The molecule has 1 saturated carbocycles. The number of halogens is 1. The van der Waals surface area contributed by atoms with E-state index in [1.807, 2.05) is 30.5 Å². The van der Waals surface area contributed by atoms with Gasteiger partial charge in [0, 0.05) is 16.8 Å². The zero-order valence-corrected chi connectivity index (χ0v) is 16.4. The highest BCUT2D eigenvalue weighted by molar-refractivity contribution is 8.00. The Morgan fingerprint density at radius 2 is 2.19 bits per heavy atom. The summed E-state index contributed by atoms with van der Waals surface area (Å²) in [5.74, 6) is 0.813. The normalized spacial score (nSPS) is 15.0. The van der Waals surface area contributed by atoms with Gasteiger partial charge in [-0.1, -0.05) is 35.5 Å². The SMILES string of the molecule is C[C@H](Sc1nnc(-c2cccs2)n1C1CC1)C(=O)Nc1cccc(Cl)c1. The standard InChI is InChI=1S/C18H17ClN4OS2/c1-11(17(24)20-13-5-2-4-12(19)10-13)26-18-22-21-16(15-6-3-9-25-15)23(18)14-7-8-14/h2-6,9-11,14H,7-8H2,1H3,(H,20,24)/t11-/m0/s1. The number of rotatable bonds is 6. The molecule has 0 aliphatic heterocycles. The van der Waals surface area contributed by atoms with Gasteiger partial charge in [0.25, 0.3) is 0 Å². The third-order valence-electron chi connectivity index (χ3n) is 4.06. The maximum atomic E-state index is 12.5. The molecule has 0 saturated heterocycles. The third-order valence-corrected chi connectivity index (χ3v) is 6.22. The topological polar surface area (TPSA) is 59.8 Å². The van der Waals surface area contributed by atoms with Crippen molar-refractivity contribution in [3.05, 3.63) is 46.8 Å². The van der Waals surface area contributed by atoms with Gasteiger partial charge in [0.05, 0.1) is 10.1 Å². The Morgan fingerprint density at radius 3 is 2.88 bits per heavy atom. The lowest BCUT2D eigenvalue weighted by Crippen LogP contribution is -2.22. The quantitative estimate of drug-likeness (QED) is 0.579. The van der Waals surface area contributed by atoms with Crippen molar-refractivity contribution in [2.45, 2.75) is 36.2 Å². The van der Waals surface area contributed by atoms with Crippen molar-refractivity contribution in [1.82, 2.24) is 14.8 Å². The van der Waals surface area contributed by atoms with Gasteiger partial charge in [0.15, 0.2) is 11.0 Å². The van der Waals surface area contributed by atoms with Crippen LogP contribution in [0.1, 0.15) is 25.8 Å². The average Bonchev–Trinajstić information content (AvgIpc) is 3.14. The number of aromatic nitrogens is 3. The van der Waals surface area contributed by atoms with E-state index in [9.17, 15) is 4.79 Å². The number of nitrogens with zero attached hydrogens (tertiary/aromatic N) is 3. The number of carbonyl (C=O) groups excluding carboxylic acids is 1. The first kappa shape index (κ1) is 17.6. The van der Waals surface area contributed by atoms with Crippen molar-refractivity contribution in [1.29, 1.82) is 0 Å². The van der Waals surface area contributed by atoms with Crippen molar-refractivity contribution in [2.24, 2.45) is 0 Å². The maximum absolute atomic E-state index is 12.5. The van der Waals surface area contributed by atoms with Gasteiger partial charge >= 0.3 is 0 Å². The molecule has 1 aliphatic carbocycles. The highest BCUT2D eigenvalue weighted by Crippen LogP contribution is 2.42. The van der Waals surface area contributed by atoms with Crippen LogP contribution < -0.4 is 5.32 Å². The van der Waals surface area contributed by atoms with Crippen LogP contribution in [0.4, 0.5) is 5.69 Å². The smallest absolute Gasteiger partial charge is 0.237 e. The lowest BCUT2D eigenvalue weighted by atomic mass is 10.3. The van der Waals surface area contributed by atoms with Crippen LogP contribution in [0.3, 0.4) is 0 Å². The molecule has 8 heteroatoms. The summed E-state index contributed by atoms with van der Waals surface area (Å²) in [5.41, 5.74) is 0.692. The first-order valence-electron chi connectivity index (χ1n) is 8.33. The molecule has 1 N–H and O–H groups in total. The van der Waals surface area contributed by atoms with E-state index >= 15 is 0 Å². The Balaban J connectivity index is 1.51. The molecule has 3 aromatic rings. The van der Waals surface area contributed by atoms with Crippen molar-refractivity contribution < 1.29 is 4.79 Å². The van der Waals surface area contributed by atoms with Crippen LogP contribution in [0.5, 0.6) is 0 Å². The Hall–Kier alpha value is -1.83. The van der Waals surface area contributed by atoms with Crippen molar-refractivity contribution >= 4 is 46.3 Å². The van der Waals surface area contributed by atoms with E-state index in [2.05, 4.69) is 26.1 Å². The first-order valence-corrected chi connectivity index (χ1v) is 10.5. The summed E-state index contributed by atoms with van der Waals surface area (Å²) in [4.78, 5) is 13.6. The second-order valence-electron chi connectivity index (χ2n) is 6.14. The second-order valence-corrected chi connectivity index (χ2v) is 8.84. The zero-order valence-electron chi connectivity index (χ0n) is 14.1. The van der Waals surface area contributed by atoms with E-state index in [0.717, 1.165) is 28.7 Å². The van der Waals surface area contributed by atoms with Crippen LogP contribution in [0.25, 0.3) is 10.7 Å². The lowest BCUT2D eigenvalue weighted by molar-refractivity contribution is -0.115. The number of thiophene rings is 1. The third kappa shape index (κ3) is 3.79. The number of hydrogen-bond acceptors (Lipinski definition) is 5. The highest BCUT2D eigenvalue weighted by Gasteiger charge is 2.31. The van der Waals surface area contributed by atoms with Crippen LogP contribution in [0.15, 0.2) is 46.9 Å². The summed E-state index contributed by atoms with van der Waals surface area (Å²) in [6.45, 7) is 1.88. The van der Waals surface area contributed by atoms with Gasteiger partial charge < -0.3 is 5.32 Å². The first-order chi connectivity index (χ1) is 12.6. The highest BCUT2D eigenvalue weighted by atomic mass is 35.5. The predicted octanol–water partition coefficient (Wildman–Crippen LogP) is 5.11. The van der Waals surface area contributed by atoms with E-state index in [1.165, 1.54) is 11.8 Å². The molecule has 26 heavy (non-hydrogen) atoms. The molecule has 1 fully saturated rings. The number of carbonyl (C=O) groups is 1. The number of anilines is 1. The van der Waals surface area contributed by atoms with Gasteiger partial charge in [-0.15, -0.1) is 21.5 Å². The molecule has 2 heterocycles. The molecule has 0 radical (unpaired) electrons. The van der Waals surface area contributed by atoms with E-state index < -0.39 is 0 Å². The molecule has 1 aliphatic rings. The zero-order chi connectivity index (χ0) is 18.1. The van der Waals surface area contributed by atoms with Crippen LogP contribution >= 0.6 is 34.7 Å². The summed E-state index contributed by atoms with van der Waals surface area (Å²) in [7, 11) is 0. The number of benzene rings is 1. The molecular formula is C18H17ClN4OS2. The molecule has 1 atom stereocenters. The summed E-state index contributed by atoms with van der Waals surface area (Å²) in [6, 6.07) is 11.7. The largest absolute Gasteiger partial charge is 0.325 e. The van der Waals surface area contributed by atoms with Gasteiger partial charge in [-0.25, -0.2) is 0 Å². The van der Waals surface area contributed by atoms with Crippen LogP contribution in [-0.4, -0.2) is 25.9 Å². The van der Waals surface area contributed by atoms with Crippen LogP contribution in [0.2, 0.25) is 5.02 Å². The molecule has 4 rings (SSSR count). The monoisotopic (exact) mass is 404 g/mol. The molecule has 5 nitrogen and oxygen atoms in total. The minimum atomic E-state index is -0.299. The van der Waals surface area contributed by atoms with Gasteiger partial charge in [0.2, 0.25) is 5.91 Å². The number of thioether (sulfide) groups is 1. The molecule has 0 bridgehead atoms. The fourth-order valence-electron chi connectivity index (χ4n) is 2.61. The van der Waals surface area contributed by atoms with Crippen LogP contribution in [0, 0.1) is 0 Å². The minimum absolute atomic E-state index is 0.0831. The summed E-state index contributed by atoms with van der Waals surface area (Å²) in [5, 5.41) is 14.8. The van der Waals surface area contributed by atoms with Gasteiger partial charge in [-0.3, -0.25) is 9.36 Å². The van der Waals surface area contributed by atoms with Crippen molar-refractivity contribution in [3.63, 3.8) is 0 Å². The molecule has 134 valence electrons. The van der Waals surface area contributed by atoms with E-state index in [4.69, 9.17) is 11.6 Å². The fourth-order valence-corrected chi connectivity index (χ4v) is 4.43. The molecular weight excluding hydrogens is 388 g/mol. The molecule has 1 aromatic carbocycles. The van der Waals surface area contributed by atoms with Crippen molar-refractivity contribution in [2.75, 3.05) is 5.32 Å². The fraction of sp³-hybridized carbons (Fsp3) is 0.278. The van der Waals surface area contributed by atoms with Crippen LogP contribution in [-0.2, 0) is 4.79 Å². The summed E-state index contributed by atoms with van der Waals surface area (Å²) in [6.07, 6.45) is 2.26. The van der Waals surface area contributed by atoms with Crippen molar-refractivity contribution in [3.8, 4) is 10.7 Å². The van der Waals surface area contributed by atoms with E-state index in [1.54, 1.807) is 23.5 Å². The Kier molecular flexibility index (Phi) is 5.02. The molecule has 0 unspecified atom stereocenters. The second kappa shape index (κ2) is 7.42. The minimum Gasteiger partial charge on any atom is -0.325 e. The van der Waals surface area contributed by atoms with E-state index in [-0.39, 0.29) is 11.2 Å². The summed E-state index contributed by atoms with van der Waals surface area (Å²) >= 11 is 9.06. The number of amides is 1. The Morgan fingerprint density at radius 1 is 1.35 bits per heavy atom. The van der Waals surface area contributed by atoms with Gasteiger partial charge in [-0.05, 0) is 49.4 Å². The predicted molar refractivity (Wildman–Crippen MR) is 107 cm³/mol. The van der Waals surface area contributed by atoms with E-state index in [0.29, 0.717) is 16.8 Å². The molecule has 0 spiro atoms. The number of hydrogen-bond donors (Lipinski definition) is 1. The molecule has 2 aromatic heterocycles. The summed E-state index contributed by atoms with van der Waals surface area (Å²) < 4.78 is 2.18. The average molecular weight is 405 g/mol. The lowest BCUT2D eigenvalue weighted by Gasteiger charge is -2.13.